The zero-order valence-electron chi connectivity index (χ0n) is 8.92. The molecule has 5 heteroatoms. The second kappa shape index (κ2) is 3.47. The molecule has 82 valence electrons. The van der Waals surface area contributed by atoms with Gasteiger partial charge in [0, 0.05) is 48.8 Å². The Bertz CT molecular complexity index is 631. The molecule has 0 fully saturated rings. The molecule has 0 unspecified atom stereocenters. The zero-order chi connectivity index (χ0) is 11.1. The Kier molecular flexibility index (Phi) is 2.08. The minimum atomic E-state index is 0.546. The van der Waals surface area contributed by atoms with Gasteiger partial charge in [-0.1, -0.05) is 0 Å². The molecule has 3 heterocycles. The second-order valence-corrected chi connectivity index (χ2v) is 4.61. The van der Waals surface area contributed by atoms with Gasteiger partial charge in [-0.2, -0.15) is 0 Å². The van der Waals surface area contributed by atoms with Crippen LogP contribution in [0.4, 0.5) is 0 Å². The van der Waals surface area contributed by atoms with Crippen molar-refractivity contribution in [2.24, 2.45) is 12.8 Å². The first-order valence-electron chi connectivity index (χ1n) is 5.06. The van der Waals surface area contributed by atoms with Crippen molar-refractivity contribution >= 4 is 16.3 Å². The lowest BCUT2D eigenvalue weighted by Crippen LogP contribution is -1.98. The van der Waals surface area contributed by atoms with Crippen molar-refractivity contribution in [2.75, 3.05) is 0 Å². The number of nitrogens with zero attached hydrogens (tertiary/aromatic N) is 3. The number of imidazole rings is 1. The minimum Gasteiger partial charge on any atom is -0.357 e. The number of thiazole rings is 1. The van der Waals surface area contributed by atoms with Gasteiger partial charge in [0.05, 0.1) is 5.69 Å². The molecule has 3 aromatic heterocycles. The highest BCUT2D eigenvalue weighted by molar-refractivity contribution is 7.15. The lowest BCUT2D eigenvalue weighted by Gasteiger charge is -1.91. The standard InChI is InChI=1S/C11H12N4S/c1-14-3-2-8(5-14)10-6-15-9(4-12)7-16-11(15)13-10/h2-3,5-7H,4,12H2,1H3. The van der Waals surface area contributed by atoms with Crippen LogP contribution in [0.2, 0.25) is 0 Å². The summed E-state index contributed by atoms with van der Waals surface area (Å²) in [6.45, 7) is 0.546. The topological polar surface area (TPSA) is 48.2 Å². The monoisotopic (exact) mass is 232 g/mol. The fourth-order valence-corrected chi connectivity index (χ4v) is 2.66. The molecule has 0 radical (unpaired) electrons. The van der Waals surface area contributed by atoms with E-state index in [-0.39, 0.29) is 0 Å². The molecule has 0 aliphatic rings. The van der Waals surface area contributed by atoms with Crippen LogP contribution in [0.1, 0.15) is 5.69 Å². The summed E-state index contributed by atoms with van der Waals surface area (Å²) in [5, 5.41) is 2.05. The van der Waals surface area contributed by atoms with Crippen LogP contribution >= 0.6 is 11.3 Å². The van der Waals surface area contributed by atoms with Crippen molar-refractivity contribution in [3.63, 3.8) is 0 Å². The Hall–Kier alpha value is -1.59. The Labute approximate surface area is 97.0 Å². The molecule has 2 N–H and O–H groups in total. The van der Waals surface area contributed by atoms with Crippen molar-refractivity contribution in [3.8, 4) is 11.3 Å². The van der Waals surface area contributed by atoms with Crippen molar-refractivity contribution in [1.82, 2.24) is 14.0 Å². The Morgan fingerprint density at radius 3 is 3.00 bits per heavy atom. The van der Waals surface area contributed by atoms with Crippen LogP contribution in [0.5, 0.6) is 0 Å². The van der Waals surface area contributed by atoms with Gasteiger partial charge in [-0.3, -0.25) is 4.40 Å². The van der Waals surface area contributed by atoms with E-state index >= 15 is 0 Å². The fraction of sp³-hybridized carbons (Fsp3) is 0.182. The van der Waals surface area contributed by atoms with Crippen molar-refractivity contribution in [3.05, 3.63) is 35.7 Å². The molecule has 0 aliphatic heterocycles. The van der Waals surface area contributed by atoms with Crippen LogP contribution in [0, 0.1) is 0 Å². The number of rotatable bonds is 2. The third-order valence-electron chi connectivity index (χ3n) is 2.62. The number of aromatic nitrogens is 3. The molecule has 0 atom stereocenters. The maximum Gasteiger partial charge on any atom is 0.194 e. The van der Waals surface area contributed by atoms with Crippen molar-refractivity contribution in [1.29, 1.82) is 0 Å². The van der Waals surface area contributed by atoms with Gasteiger partial charge in [0.1, 0.15) is 0 Å². The molecule has 0 saturated carbocycles. The summed E-state index contributed by atoms with van der Waals surface area (Å²) in [6, 6.07) is 2.06. The Morgan fingerprint density at radius 2 is 2.31 bits per heavy atom. The smallest absolute Gasteiger partial charge is 0.194 e. The highest BCUT2D eigenvalue weighted by atomic mass is 32.1. The number of fused-ring (bicyclic) bond motifs is 1. The van der Waals surface area contributed by atoms with Gasteiger partial charge in [-0.15, -0.1) is 11.3 Å². The Balaban J connectivity index is 2.15. The van der Waals surface area contributed by atoms with E-state index in [1.54, 1.807) is 11.3 Å². The van der Waals surface area contributed by atoms with E-state index < -0.39 is 0 Å². The van der Waals surface area contributed by atoms with E-state index in [1.807, 2.05) is 24.0 Å². The first kappa shape index (κ1) is 9.62. The summed E-state index contributed by atoms with van der Waals surface area (Å²) in [5.74, 6) is 0. The van der Waals surface area contributed by atoms with Crippen LogP contribution in [-0.2, 0) is 13.6 Å². The number of hydrogen-bond acceptors (Lipinski definition) is 3. The summed E-state index contributed by atoms with van der Waals surface area (Å²) in [5.41, 5.74) is 8.91. The van der Waals surface area contributed by atoms with Crippen LogP contribution < -0.4 is 5.73 Å². The average Bonchev–Trinajstić information content (AvgIpc) is 2.90. The fourth-order valence-electron chi connectivity index (χ4n) is 1.77. The maximum absolute atomic E-state index is 5.67. The van der Waals surface area contributed by atoms with Gasteiger partial charge in [-0.05, 0) is 6.07 Å². The molecule has 3 rings (SSSR count). The predicted octanol–water partition coefficient (Wildman–Crippen LogP) is 1.86. The third-order valence-corrected chi connectivity index (χ3v) is 3.51. The van der Waals surface area contributed by atoms with E-state index in [0.29, 0.717) is 6.54 Å². The van der Waals surface area contributed by atoms with E-state index in [2.05, 4.69) is 27.0 Å². The highest BCUT2D eigenvalue weighted by Crippen LogP contribution is 2.23. The molecule has 0 amide bonds. The summed E-state index contributed by atoms with van der Waals surface area (Å²) in [7, 11) is 2.01. The molecule has 0 aliphatic carbocycles. The molecule has 0 spiro atoms. The molecule has 0 saturated heterocycles. The van der Waals surface area contributed by atoms with Crippen LogP contribution in [0.3, 0.4) is 0 Å². The summed E-state index contributed by atoms with van der Waals surface area (Å²) in [6.07, 6.45) is 6.13. The normalized spacial score (nSPS) is 11.4. The predicted molar refractivity (Wildman–Crippen MR) is 65.4 cm³/mol. The highest BCUT2D eigenvalue weighted by Gasteiger charge is 2.08. The Morgan fingerprint density at radius 1 is 1.44 bits per heavy atom. The molecule has 16 heavy (non-hydrogen) atoms. The van der Waals surface area contributed by atoms with Crippen LogP contribution in [0.15, 0.2) is 30.0 Å². The molecule has 0 bridgehead atoms. The first-order valence-corrected chi connectivity index (χ1v) is 5.94. The first-order chi connectivity index (χ1) is 7.78. The largest absolute Gasteiger partial charge is 0.357 e. The van der Waals surface area contributed by atoms with Crippen molar-refractivity contribution in [2.45, 2.75) is 6.54 Å². The number of hydrogen-bond donors (Lipinski definition) is 1. The van der Waals surface area contributed by atoms with E-state index in [1.165, 1.54) is 0 Å². The van der Waals surface area contributed by atoms with E-state index in [4.69, 9.17) is 5.73 Å². The van der Waals surface area contributed by atoms with Gasteiger partial charge in [-0.25, -0.2) is 4.98 Å². The number of aryl methyl sites for hydroxylation is 1. The molecular formula is C11H12N4S. The van der Waals surface area contributed by atoms with Gasteiger partial charge < -0.3 is 10.3 Å². The lowest BCUT2D eigenvalue weighted by molar-refractivity contribution is 0.928. The van der Waals surface area contributed by atoms with Gasteiger partial charge >= 0.3 is 0 Å². The SMILES string of the molecule is Cn1ccc(-c2cn3c(CN)csc3n2)c1. The second-order valence-electron chi connectivity index (χ2n) is 3.78. The van der Waals surface area contributed by atoms with E-state index in [0.717, 1.165) is 21.9 Å². The van der Waals surface area contributed by atoms with Gasteiger partial charge in [0.15, 0.2) is 4.96 Å². The third kappa shape index (κ3) is 1.36. The number of nitrogens with two attached hydrogens (primary N) is 1. The van der Waals surface area contributed by atoms with Crippen molar-refractivity contribution < 1.29 is 0 Å². The molecule has 4 nitrogen and oxygen atoms in total. The minimum absolute atomic E-state index is 0.546. The van der Waals surface area contributed by atoms with E-state index in [9.17, 15) is 0 Å². The lowest BCUT2D eigenvalue weighted by atomic mass is 10.3. The molecular weight excluding hydrogens is 220 g/mol. The molecule has 3 aromatic rings. The van der Waals surface area contributed by atoms with Gasteiger partial charge in [0.2, 0.25) is 0 Å². The summed E-state index contributed by atoms with van der Waals surface area (Å²) >= 11 is 1.63. The zero-order valence-corrected chi connectivity index (χ0v) is 9.74. The van der Waals surface area contributed by atoms with Crippen LogP contribution in [-0.4, -0.2) is 14.0 Å². The van der Waals surface area contributed by atoms with Crippen LogP contribution in [0.25, 0.3) is 16.2 Å². The average molecular weight is 232 g/mol. The van der Waals surface area contributed by atoms with Gasteiger partial charge in [0.25, 0.3) is 0 Å². The maximum atomic E-state index is 5.67. The quantitative estimate of drug-likeness (QED) is 0.733. The summed E-state index contributed by atoms with van der Waals surface area (Å²) < 4.78 is 4.08. The molecule has 0 aromatic carbocycles. The summed E-state index contributed by atoms with van der Waals surface area (Å²) in [4.78, 5) is 5.58.